The van der Waals surface area contributed by atoms with Gasteiger partial charge in [-0.25, -0.2) is 0 Å². The average Bonchev–Trinajstić information content (AvgIpc) is 1.84. The molecule has 0 heterocycles. The highest BCUT2D eigenvalue weighted by Crippen LogP contribution is 2.06. The molecule has 54 valence electrons. The summed E-state index contributed by atoms with van der Waals surface area (Å²) in [4.78, 5) is 2.20. The lowest BCUT2D eigenvalue weighted by atomic mass is 10.0. The van der Waals surface area contributed by atoms with E-state index in [2.05, 4.69) is 39.4 Å². The second-order valence-corrected chi connectivity index (χ2v) is 2.80. The van der Waals surface area contributed by atoms with E-state index in [9.17, 15) is 0 Å². The fourth-order valence-corrected chi connectivity index (χ4v) is 0.667. The van der Waals surface area contributed by atoms with Crippen LogP contribution in [0.4, 0.5) is 0 Å². The topological polar surface area (TPSA) is 3.24 Å². The first-order chi connectivity index (χ1) is 4.09. The van der Waals surface area contributed by atoms with Crippen LogP contribution >= 0.6 is 0 Å². The molecule has 2 atom stereocenters. The molecule has 0 rings (SSSR count). The minimum absolute atomic E-state index is 0.583. The number of hydrogen-bond acceptors (Lipinski definition) is 1. The van der Waals surface area contributed by atoms with Gasteiger partial charge in [0.2, 0.25) is 0 Å². The van der Waals surface area contributed by atoms with Crippen LogP contribution in [0.3, 0.4) is 0 Å². The van der Waals surface area contributed by atoms with Gasteiger partial charge in [-0.3, -0.25) is 0 Å². The molecule has 0 saturated carbocycles. The smallest absolute Gasteiger partial charge is 0.0121 e. The van der Waals surface area contributed by atoms with Crippen LogP contribution in [-0.4, -0.2) is 25.0 Å². The Labute approximate surface area is 58.4 Å². The maximum Gasteiger partial charge on any atom is 0.0121 e. The van der Waals surface area contributed by atoms with Gasteiger partial charge in [-0.2, -0.15) is 0 Å². The fraction of sp³-hybridized carbons (Fsp3) is 0.750. The fourth-order valence-electron chi connectivity index (χ4n) is 0.667. The van der Waals surface area contributed by atoms with Gasteiger partial charge in [0, 0.05) is 6.04 Å². The number of rotatable bonds is 3. The summed E-state index contributed by atoms with van der Waals surface area (Å²) in [6.07, 6.45) is 1.99. The van der Waals surface area contributed by atoms with Gasteiger partial charge in [0.25, 0.3) is 0 Å². The maximum absolute atomic E-state index is 3.74. The zero-order valence-electron chi connectivity index (χ0n) is 6.89. The molecule has 1 nitrogen and oxygen atoms in total. The van der Waals surface area contributed by atoms with Crippen molar-refractivity contribution in [3.8, 4) is 0 Å². The van der Waals surface area contributed by atoms with Crippen LogP contribution in [0.5, 0.6) is 0 Å². The monoisotopic (exact) mass is 127 g/mol. The van der Waals surface area contributed by atoms with Crippen molar-refractivity contribution in [3.05, 3.63) is 12.7 Å². The Bertz CT molecular complexity index is 86.6. The van der Waals surface area contributed by atoms with Crippen molar-refractivity contribution in [2.24, 2.45) is 5.92 Å². The highest BCUT2D eigenvalue weighted by atomic mass is 15.1. The molecule has 0 fully saturated rings. The predicted molar refractivity (Wildman–Crippen MR) is 42.5 cm³/mol. The minimum Gasteiger partial charge on any atom is -0.306 e. The van der Waals surface area contributed by atoms with Crippen molar-refractivity contribution in [1.29, 1.82) is 0 Å². The average molecular weight is 127 g/mol. The first kappa shape index (κ1) is 8.70. The van der Waals surface area contributed by atoms with Crippen molar-refractivity contribution in [3.63, 3.8) is 0 Å². The molecule has 0 spiro atoms. The van der Waals surface area contributed by atoms with E-state index in [0.717, 1.165) is 0 Å². The van der Waals surface area contributed by atoms with Crippen LogP contribution < -0.4 is 0 Å². The van der Waals surface area contributed by atoms with E-state index >= 15 is 0 Å². The van der Waals surface area contributed by atoms with E-state index in [-0.39, 0.29) is 0 Å². The second-order valence-electron chi connectivity index (χ2n) is 2.80. The van der Waals surface area contributed by atoms with E-state index in [1.807, 2.05) is 6.08 Å². The van der Waals surface area contributed by atoms with E-state index in [4.69, 9.17) is 0 Å². The van der Waals surface area contributed by atoms with Gasteiger partial charge in [-0.05, 0) is 26.9 Å². The molecule has 0 aromatic carbocycles. The molecule has 0 saturated heterocycles. The molecule has 0 aliphatic rings. The molecule has 0 aromatic rings. The quantitative estimate of drug-likeness (QED) is 0.522. The highest BCUT2D eigenvalue weighted by molar-refractivity contribution is 4.82. The lowest BCUT2D eigenvalue weighted by Crippen LogP contribution is -2.29. The Morgan fingerprint density at radius 1 is 1.33 bits per heavy atom. The normalized spacial score (nSPS) is 17.4. The number of hydrogen-bond donors (Lipinski definition) is 0. The van der Waals surface area contributed by atoms with Crippen LogP contribution in [0.2, 0.25) is 0 Å². The molecule has 0 N–H and O–H groups in total. The number of nitrogens with zero attached hydrogens (tertiary/aromatic N) is 1. The summed E-state index contributed by atoms with van der Waals surface area (Å²) in [7, 11) is 4.18. The third-order valence-electron chi connectivity index (χ3n) is 1.95. The first-order valence-corrected chi connectivity index (χ1v) is 3.38. The molecule has 2 unspecified atom stereocenters. The molecule has 0 bridgehead atoms. The summed E-state index contributed by atoms with van der Waals surface area (Å²) in [5.74, 6) is 0.583. The molecule has 1 heteroatoms. The highest BCUT2D eigenvalue weighted by Gasteiger charge is 2.09. The molecule has 9 heavy (non-hydrogen) atoms. The minimum atomic E-state index is 0.583. The standard InChI is InChI=1S/C8H17N/c1-6-7(2)8(3)9(4)5/h6-8H,1H2,2-5H3. The molecule has 0 radical (unpaired) electrons. The third kappa shape index (κ3) is 2.66. The largest absolute Gasteiger partial charge is 0.306 e. The molecule has 0 aliphatic heterocycles. The van der Waals surface area contributed by atoms with Gasteiger partial charge in [0.15, 0.2) is 0 Å². The van der Waals surface area contributed by atoms with Crippen LogP contribution in [0.25, 0.3) is 0 Å². The summed E-state index contributed by atoms with van der Waals surface area (Å²) in [5, 5.41) is 0. The van der Waals surface area contributed by atoms with Crippen molar-refractivity contribution >= 4 is 0 Å². The van der Waals surface area contributed by atoms with E-state index in [1.54, 1.807) is 0 Å². The van der Waals surface area contributed by atoms with Gasteiger partial charge >= 0.3 is 0 Å². The summed E-state index contributed by atoms with van der Waals surface area (Å²) in [6, 6.07) is 0.600. The lowest BCUT2D eigenvalue weighted by Gasteiger charge is -2.23. The Kier molecular flexibility index (Phi) is 3.55. The lowest BCUT2D eigenvalue weighted by molar-refractivity contribution is 0.267. The van der Waals surface area contributed by atoms with Crippen molar-refractivity contribution in [2.45, 2.75) is 19.9 Å². The van der Waals surface area contributed by atoms with E-state index in [0.29, 0.717) is 12.0 Å². The van der Waals surface area contributed by atoms with Crippen LogP contribution in [0, 0.1) is 5.92 Å². The van der Waals surface area contributed by atoms with Gasteiger partial charge < -0.3 is 4.90 Å². The molecule has 0 aliphatic carbocycles. The Balaban J connectivity index is 3.71. The zero-order valence-corrected chi connectivity index (χ0v) is 6.89. The van der Waals surface area contributed by atoms with Crippen molar-refractivity contribution in [1.82, 2.24) is 4.90 Å². The van der Waals surface area contributed by atoms with Crippen molar-refractivity contribution in [2.75, 3.05) is 14.1 Å². The van der Waals surface area contributed by atoms with Gasteiger partial charge in [0.05, 0.1) is 0 Å². The summed E-state index contributed by atoms with van der Waals surface area (Å²) in [5.41, 5.74) is 0. The third-order valence-corrected chi connectivity index (χ3v) is 1.95. The van der Waals surface area contributed by atoms with Crippen LogP contribution in [-0.2, 0) is 0 Å². The SMILES string of the molecule is C=CC(C)C(C)N(C)C. The van der Waals surface area contributed by atoms with E-state index < -0.39 is 0 Å². The summed E-state index contributed by atoms with van der Waals surface area (Å²) < 4.78 is 0. The molecular weight excluding hydrogens is 110 g/mol. The predicted octanol–water partition coefficient (Wildman–Crippen LogP) is 1.76. The van der Waals surface area contributed by atoms with Crippen LogP contribution in [0.1, 0.15) is 13.8 Å². The first-order valence-electron chi connectivity index (χ1n) is 3.38. The summed E-state index contributed by atoms with van der Waals surface area (Å²) >= 11 is 0. The maximum atomic E-state index is 3.74. The second kappa shape index (κ2) is 3.67. The van der Waals surface area contributed by atoms with Crippen LogP contribution in [0.15, 0.2) is 12.7 Å². The van der Waals surface area contributed by atoms with Crippen molar-refractivity contribution < 1.29 is 0 Å². The zero-order chi connectivity index (χ0) is 7.44. The molecular formula is C8H17N. The molecule has 0 aromatic heterocycles. The Morgan fingerprint density at radius 3 is 1.89 bits per heavy atom. The van der Waals surface area contributed by atoms with Gasteiger partial charge in [0.1, 0.15) is 0 Å². The van der Waals surface area contributed by atoms with E-state index in [1.165, 1.54) is 0 Å². The van der Waals surface area contributed by atoms with Gasteiger partial charge in [-0.1, -0.05) is 13.0 Å². The summed E-state index contributed by atoms with van der Waals surface area (Å²) in [6.45, 7) is 8.12. The molecule has 0 amide bonds. The Morgan fingerprint density at radius 2 is 1.78 bits per heavy atom. The Hall–Kier alpha value is -0.300. The van der Waals surface area contributed by atoms with Gasteiger partial charge in [-0.15, -0.1) is 6.58 Å².